The minimum absolute atomic E-state index is 0.0211. The summed E-state index contributed by atoms with van der Waals surface area (Å²) in [7, 11) is 1.31. The first-order chi connectivity index (χ1) is 9.04. The van der Waals surface area contributed by atoms with E-state index in [1.54, 1.807) is 0 Å². The van der Waals surface area contributed by atoms with Crippen LogP contribution in [0.2, 0.25) is 0 Å². The number of nitrogens with zero attached hydrogens (tertiary/aromatic N) is 1. The van der Waals surface area contributed by atoms with Gasteiger partial charge in [0.05, 0.1) is 6.61 Å². The zero-order valence-electron chi connectivity index (χ0n) is 9.81. The first-order valence-electron chi connectivity index (χ1n) is 5.20. The number of carboxylic acid groups (broad SMARTS) is 1. The van der Waals surface area contributed by atoms with Crippen molar-refractivity contribution in [2.45, 2.75) is 6.61 Å². The van der Waals surface area contributed by atoms with E-state index in [4.69, 9.17) is 9.84 Å². The van der Waals surface area contributed by atoms with Gasteiger partial charge in [-0.15, -0.1) is 0 Å². The SMILES string of the molecule is COCc1c(F)ccc(-c2cc(C(=O)O)on2)c1F. The van der Waals surface area contributed by atoms with E-state index in [0.29, 0.717) is 0 Å². The van der Waals surface area contributed by atoms with Crippen molar-refractivity contribution in [2.75, 3.05) is 7.11 Å². The molecule has 0 spiro atoms. The number of carbonyl (C=O) groups is 1. The van der Waals surface area contributed by atoms with Crippen LogP contribution in [-0.2, 0) is 11.3 Å². The number of aromatic carboxylic acids is 1. The molecule has 2 rings (SSSR count). The standard InChI is InChI=1S/C12H9F2NO4/c1-18-5-7-8(13)3-2-6(11(7)14)9-4-10(12(16)17)19-15-9/h2-4H,5H2,1H3,(H,16,17). The maximum Gasteiger partial charge on any atom is 0.374 e. The second-order valence-electron chi connectivity index (χ2n) is 3.70. The molecule has 100 valence electrons. The van der Waals surface area contributed by atoms with Gasteiger partial charge in [-0.2, -0.15) is 0 Å². The van der Waals surface area contributed by atoms with Gasteiger partial charge in [-0.25, -0.2) is 13.6 Å². The van der Waals surface area contributed by atoms with Gasteiger partial charge in [0.2, 0.25) is 5.76 Å². The minimum atomic E-state index is -1.32. The van der Waals surface area contributed by atoms with Gasteiger partial charge in [-0.05, 0) is 12.1 Å². The first-order valence-corrected chi connectivity index (χ1v) is 5.20. The molecule has 0 saturated carbocycles. The Bertz CT molecular complexity index is 624. The van der Waals surface area contributed by atoms with Crippen LogP contribution in [0.3, 0.4) is 0 Å². The molecule has 1 aromatic carbocycles. The molecule has 0 aliphatic heterocycles. The topological polar surface area (TPSA) is 72.6 Å². The molecular weight excluding hydrogens is 260 g/mol. The number of halogens is 2. The zero-order chi connectivity index (χ0) is 14.0. The first kappa shape index (κ1) is 13.2. The van der Waals surface area contributed by atoms with E-state index in [0.717, 1.165) is 18.2 Å². The summed E-state index contributed by atoms with van der Waals surface area (Å²) in [4.78, 5) is 10.6. The van der Waals surface area contributed by atoms with Crippen LogP contribution in [-0.4, -0.2) is 23.3 Å². The van der Waals surface area contributed by atoms with Crippen molar-refractivity contribution in [3.05, 3.63) is 41.2 Å². The van der Waals surface area contributed by atoms with Crippen LogP contribution >= 0.6 is 0 Å². The van der Waals surface area contributed by atoms with Gasteiger partial charge in [0, 0.05) is 24.3 Å². The molecule has 1 N–H and O–H groups in total. The fourth-order valence-electron chi connectivity index (χ4n) is 1.58. The van der Waals surface area contributed by atoms with Gasteiger partial charge in [-0.1, -0.05) is 5.16 Å². The molecule has 0 aliphatic carbocycles. The Morgan fingerprint density at radius 2 is 2.21 bits per heavy atom. The molecule has 0 unspecified atom stereocenters. The monoisotopic (exact) mass is 269 g/mol. The smallest absolute Gasteiger partial charge is 0.374 e. The summed E-state index contributed by atoms with van der Waals surface area (Å²) in [5, 5.41) is 12.1. The lowest BCUT2D eigenvalue weighted by Crippen LogP contribution is -2.00. The van der Waals surface area contributed by atoms with Crippen LogP contribution in [0, 0.1) is 11.6 Å². The second kappa shape index (κ2) is 5.15. The van der Waals surface area contributed by atoms with Crippen LogP contribution in [0.25, 0.3) is 11.3 Å². The summed E-state index contributed by atoms with van der Waals surface area (Å²) in [5.41, 5.74) is -0.322. The summed E-state index contributed by atoms with van der Waals surface area (Å²) in [6.45, 7) is -0.241. The fourth-order valence-corrected chi connectivity index (χ4v) is 1.58. The number of methoxy groups -OCH3 is 1. The van der Waals surface area contributed by atoms with Gasteiger partial charge < -0.3 is 14.4 Å². The Hall–Kier alpha value is -2.28. The number of rotatable bonds is 4. The third-order valence-corrected chi connectivity index (χ3v) is 2.47. The summed E-state index contributed by atoms with van der Waals surface area (Å²) < 4.78 is 36.7. The third-order valence-electron chi connectivity index (χ3n) is 2.47. The van der Waals surface area contributed by atoms with Gasteiger partial charge >= 0.3 is 5.97 Å². The molecular formula is C12H9F2NO4. The summed E-state index contributed by atoms with van der Waals surface area (Å²) in [5.74, 6) is -3.34. The molecule has 5 nitrogen and oxygen atoms in total. The van der Waals surface area contributed by atoms with Crippen LogP contribution in [0.4, 0.5) is 8.78 Å². The van der Waals surface area contributed by atoms with Crippen molar-refractivity contribution in [3.8, 4) is 11.3 Å². The number of benzene rings is 1. The average Bonchev–Trinajstić information content (AvgIpc) is 2.84. The van der Waals surface area contributed by atoms with Gasteiger partial charge in [0.1, 0.15) is 17.3 Å². The summed E-state index contributed by atoms with van der Waals surface area (Å²) in [6, 6.07) is 3.28. The van der Waals surface area contributed by atoms with Crippen LogP contribution in [0.15, 0.2) is 22.7 Å². The highest BCUT2D eigenvalue weighted by atomic mass is 19.1. The molecule has 0 saturated heterocycles. The van der Waals surface area contributed by atoms with Crippen LogP contribution in [0.1, 0.15) is 16.1 Å². The van der Waals surface area contributed by atoms with Crippen molar-refractivity contribution >= 4 is 5.97 Å². The van der Waals surface area contributed by atoms with E-state index in [-0.39, 0.29) is 23.4 Å². The zero-order valence-corrected chi connectivity index (χ0v) is 9.81. The largest absolute Gasteiger partial charge is 0.475 e. The Labute approximate surface area is 106 Å². The van der Waals surface area contributed by atoms with E-state index in [9.17, 15) is 13.6 Å². The number of aromatic nitrogens is 1. The summed E-state index contributed by atoms with van der Waals surface area (Å²) >= 11 is 0. The maximum atomic E-state index is 14.1. The number of hydrogen-bond acceptors (Lipinski definition) is 4. The quantitative estimate of drug-likeness (QED) is 0.923. The predicted molar refractivity (Wildman–Crippen MR) is 59.5 cm³/mol. The number of ether oxygens (including phenoxy) is 1. The van der Waals surface area contributed by atoms with Crippen molar-refractivity contribution in [3.63, 3.8) is 0 Å². The van der Waals surface area contributed by atoms with E-state index in [2.05, 4.69) is 9.68 Å². The highest BCUT2D eigenvalue weighted by Crippen LogP contribution is 2.27. The highest BCUT2D eigenvalue weighted by Gasteiger charge is 2.19. The Morgan fingerprint density at radius 3 is 2.79 bits per heavy atom. The van der Waals surface area contributed by atoms with Crippen molar-refractivity contribution in [1.29, 1.82) is 0 Å². The van der Waals surface area contributed by atoms with Gasteiger partial charge in [0.15, 0.2) is 0 Å². The predicted octanol–water partition coefficient (Wildman–Crippen LogP) is 2.46. The molecule has 7 heteroatoms. The van der Waals surface area contributed by atoms with E-state index < -0.39 is 23.4 Å². The molecule has 1 heterocycles. The minimum Gasteiger partial charge on any atom is -0.475 e. The maximum absolute atomic E-state index is 14.1. The Morgan fingerprint density at radius 1 is 1.47 bits per heavy atom. The molecule has 0 radical (unpaired) electrons. The molecule has 0 bridgehead atoms. The molecule has 0 aliphatic rings. The molecule has 1 aromatic heterocycles. The van der Waals surface area contributed by atoms with Crippen molar-refractivity contribution in [2.24, 2.45) is 0 Å². The fraction of sp³-hybridized carbons (Fsp3) is 0.167. The number of carboxylic acids is 1. The van der Waals surface area contributed by atoms with Crippen molar-refractivity contribution < 1.29 is 27.9 Å². The van der Waals surface area contributed by atoms with Crippen molar-refractivity contribution in [1.82, 2.24) is 5.16 Å². The van der Waals surface area contributed by atoms with E-state index in [1.807, 2.05) is 0 Å². The lowest BCUT2D eigenvalue weighted by atomic mass is 10.1. The van der Waals surface area contributed by atoms with E-state index >= 15 is 0 Å². The second-order valence-corrected chi connectivity index (χ2v) is 3.70. The molecule has 19 heavy (non-hydrogen) atoms. The molecule has 0 atom stereocenters. The lowest BCUT2D eigenvalue weighted by Gasteiger charge is -2.06. The molecule has 2 aromatic rings. The van der Waals surface area contributed by atoms with Crippen LogP contribution in [0.5, 0.6) is 0 Å². The third kappa shape index (κ3) is 2.45. The lowest BCUT2D eigenvalue weighted by molar-refractivity contribution is 0.0652. The Balaban J connectivity index is 2.49. The number of hydrogen-bond donors (Lipinski definition) is 1. The van der Waals surface area contributed by atoms with Crippen LogP contribution < -0.4 is 0 Å². The summed E-state index contributed by atoms with van der Waals surface area (Å²) in [6.07, 6.45) is 0. The average molecular weight is 269 g/mol. The van der Waals surface area contributed by atoms with Gasteiger partial charge in [-0.3, -0.25) is 0 Å². The van der Waals surface area contributed by atoms with Gasteiger partial charge in [0.25, 0.3) is 0 Å². The molecule has 0 fully saturated rings. The Kier molecular flexibility index (Phi) is 3.57. The molecule has 0 amide bonds. The normalized spacial score (nSPS) is 10.7. The van der Waals surface area contributed by atoms with E-state index in [1.165, 1.54) is 7.11 Å². The highest BCUT2D eigenvalue weighted by molar-refractivity contribution is 5.85.